The Hall–Kier alpha value is -0.570. The Bertz CT molecular complexity index is 159. The number of carbonyl (C=O) groups is 1. The van der Waals surface area contributed by atoms with E-state index in [0.717, 1.165) is 25.8 Å². The molecule has 2 N–H and O–H groups in total. The van der Waals surface area contributed by atoms with Gasteiger partial charge in [0.25, 0.3) is 0 Å². The van der Waals surface area contributed by atoms with E-state index >= 15 is 0 Å². The van der Waals surface area contributed by atoms with E-state index in [1.54, 1.807) is 0 Å². The van der Waals surface area contributed by atoms with Crippen molar-refractivity contribution in [2.24, 2.45) is 0 Å². The first-order valence-electron chi connectivity index (χ1n) is 5.01. The Kier molecular flexibility index (Phi) is 5.71. The lowest BCUT2D eigenvalue weighted by Gasteiger charge is -2.29. The van der Waals surface area contributed by atoms with E-state index < -0.39 is 5.97 Å². The van der Waals surface area contributed by atoms with Crippen LogP contribution < -0.4 is 5.32 Å². The molecule has 0 aliphatic carbocycles. The molecule has 78 valence electrons. The van der Waals surface area contributed by atoms with Gasteiger partial charge in [-0.25, -0.2) is 0 Å². The largest absolute Gasteiger partial charge is 0.481 e. The Morgan fingerprint density at radius 2 is 2.00 bits per heavy atom. The molecule has 0 spiro atoms. The van der Waals surface area contributed by atoms with Crippen molar-refractivity contribution in [2.45, 2.75) is 52.0 Å². The number of carboxylic acids is 1. The van der Waals surface area contributed by atoms with Gasteiger partial charge in [0, 0.05) is 5.54 Å². The highest BCUT2D eigenvalue weighted by Gasteiger charge is 2.25. The highest BCUT2D eigenvalue weighted by Crippen LogP contribution is 2.16. The summed E-state index contributed by atoms with van der Waals surface area (Å²) in [5, 5.41) is 12.0. The highest BCUT2D eigenvalue weighted by molar-refractivity contribution is 5.68. The number of carboxylic acid groups (broad SMARTS) is 1. The molecule has 0 aromatic rings. The van der Waals surface area contributed by atoms with Gasteiger partial charge in [-0.3, -0.25) is 4.79 Å². The van der Waals surface area contributed by atoms with Crippen molar-refractivity contribution in [1.82, 2.24) is 5.32 Å². The van der Waals surface area contributed by atoms with E-state index in [1.807, 2.05) is 6.92 Å². The fourth-order valence-corrected chi connectivity index (χ4v) is 1.55. The van der Waals surface area contributed by atoms with E-state index in [1.165, 1.54) is 0 Å². The third-order valence-corrected chi connectivity index (χ3v) is 2.14. The molecule has 0 radical (unpaired) electrons. The van der Waals surface area contributed by atoms with Crippen LogP contribution in [0.15, 0.2) is 0 Å². The zero-order chi connectivity index (χ0) is 10.3. The standard InChI is InChI=1S/C10H21NO2/c1-4-6-10(3,8-9(12)13)11-7-5-2/h11H,4-8H2,1-3H3,(H,12,13). The number of nitrogens with one attached hydrogen (secondary N) is 1. The predicted octanol–water partition coefficient (Wildman–Crippen LogP) is 2.02. The number of aliphatic carboxylic acids is 1. The molecule has 0 aliphatic rings. The van der Waals surface area contributed by atoms with E-state index in [9.17, 15) is 4.79 Å². The predicted molar refractivity (Wildman–Crippen MR) is 53.9 cm³/mol. The second kappa shape index (κ2) is 5.97. The molecule has 1 atom stereocenters. The lowest BCUT2D eigenvalue weighted by Crippen LogP contribution is -2.44. The molecular formula is C10H21NO2. The fraction of sp³-hybridized carbons (Fsp3) is 0.900. The molecule has 0 saturated heterocycles. The van der Waals surface area contributed by atoms with Crippen LogP contribution in [0.4, 0.5) is 0 Å². The number of hydrogen-bond acceptors (Lipinski definition) is 2. The lowest BCUT2D eigenvalue weighted by molar-refractivity contribution is -0.138. The quantitative estimate of drug-likeness (QED) is 0.641. The van der Waals surface area contributed by atoms with Crippen LogP contribution in [-0.4, -0.2) is 23.2 Å². The summed E-state index contributed by atoms with van der Waals surface area (Å²) in [5.74, 6) is -0.723. The molecule has 0 aromatic carbocycles. The molecule has 0 aromatic heterocycles. The van der Waals surface area contributed by atoms with E-state index in [4.69, 9.17) is 5.11 Å². The molecule has 0 rings (SSSR count). The molecule has 0 saturated carbocycles. The van der Waals surface area contributed by atoms with Crippen LogP contribution in [0, 0.1) is 0 Å². The fourth-order valence-electron chi connectivity index (χ4n) is 1.55. The molecule has 3 heteroatoms. The normalized spacial score (nSPS) is 15.3. The van der Waals surface area contributed by atoms with Crippen molar-refractivity contribution in [2.75, 3.05) is 6.54 Å². The third kappa shape index (κ3) is 5.64. The second-order valence-electron chi connectivity index (χ2n) is 3.81. The molecule has 0 amide bonds. The second-order valence-corrected chi connectivity index (χ2v) is 3.81. The van der Waals surface area contributed by atoms with Gasteiger partial charge in [0.15, 0.2) is 0 Å². The van der Waals surface area contributed by atoms with Crippen LogP contribution in [0.1, 0.15) is 46.5 Å². The molecule has 13 heavy (non-hydrogen) atoms. The summed E-state index contributed by atoms with van der Waals surface area (Å²) in [4.78, 5) is 10.6. The summed E-state index contributed by atoms with van der Waals surface area (Å²) in [7, 11) is 0. The van der Waals surface area contributed by atoms with Gasteiger partial charge in [0.05, 0.1) is 6.42 Å². The van der Waals surface area contributed by atoms with Crippen molar-refractivity contribution in [3.8, 4) is 0 Å². The molecule has 0 aliphatic heterocycles. The Morgan fingerprint density at radius 3 is 2.38 bits per heavy atom. The van der Waals surface area contributed by atoms with E-state index in [2.05, 4.69) is 19.2 Å². The number of rotatable bonds is 7. The van der Waals surface area contributed by atoms with Gasteiger partial charge < -0.3 is 10.4 Å². The van der Waals surface area contributed by atoms with Gasteiger partial charge in [0.2, 0.25) is 0 Å². The van der Waals surface area contributed by atoms with Gasteiger partial charge in [-0.2, -0.15) is 0 Å². The van der Waals surface area contributed by atoms with Crippen molar-refractivity contribution in [3.05, 3.63) is 0 Å². The third-order valence-electron chi connectivity index (χ3n) is 2.14. The summed E-state index contributed by atoms with van der Waals surface area (Å²) >= 11 is 0. The Morgan fingerprint density at radius 1 is 1.38 bits per heavy atom. The van der Waals surface area contributed by atoms with Gasteiger partial charge in [-0.15, -0.1) is 0 Å². The van der Waals surface area contributed by atoms with Gasteiger partial charge in [0.1, 0.15) is 0 Å². The average Bonchev–Trinajstić information content (AvgIpc) is 2.00. The summed E-state index contributed by atoms with van der Waals surface area (Å²) in [6, 6.07) is 0. The van der Waals surface area contributed by atoms with Crippen LogP contribution >= 0.6 is 0 Å². The van der Waals surface area contributed by atoms with Gasteiger partial charge in [-0.1, -0.05) is 20.3 Å². The summed E-state index contributed by atoms with van der Waals surface area (Å²) < 4.78 is 0. The number of hydrogen-bond donors (Lipinski definition) is 2. The average molecular weight is 187 g/mol. The topological polar surface area (TPSA) is 49.3 Å². The molecular weight excluding hydrogens is 166 g/mol. The van der Waals surface area contributed by atoms with E-state index in [0.29, 0.717) is 0 Å². The molecule has 3 nitrogen and oxygen atoms in total. The smallest absolute Gasteiger partial charge is 0.305 e. The Labute approximate surface area is 80.5 Å². The summed E-state index contributed by atoms with van der Waals surface area (Å²) in [5.41, 5.74) is -0.226. The summed E-state index contributed by atoms with van der Waals surface area (Å²) in [6.45, 7) is 7.04. The first kappa shape index (κ1) is 12.4. The first-order chi connectivity index (χ1) is 6.04. The van der Waals surface area contributed by atoms with Crippen molar-refractivity contribution < 1.29 is 9.90 Å². The SMILES string of the molecule is CCCNC(C)(CCC)CC(=O)O. The van der Waals surface area contributed by atoms with Gasteiger partial charge >= 0.3 is 5.97 Å². The molecule has 0 bridgehead atoms. The van der Waals surface area contributed by atoms with Crippen LogP contribution in [-0.2, 0) is 4.79 Å². The van der Waals surface area contributed by atoms with Crippen molar-refractivity contribution in [3.63, 3.8) is 0 Å². The van der Waals surface area contributed by atoms with Crippen molar-refractivity contribution >= 4 is 5.97 Å². The zero-order valence-electron chi connectivity index (χ0n) is 8.89. The molecule has 0 fully saturated rings. The lowest BCUT2D eigenvalue weighted by atomic mass is 9.92. The maximum atomic E-state index is 10.6. The maximum Gasteiger partial charge on any atom is 0.305 e. The van der Waals surface area contributed by atoms with E-state index in [-0.39, 0.29) is 12.0 Å². The minimum absolute atomic E-state index is 0.209. The van der Waals surface area contributed by atoms with Crippen LogP contribution in [0.5, 0.6) is 0 Å². The van der Waals surface area contributed by atoms with Gasteiger partial charge in [-0.05, 0) is 26.3 Å². The zero-order valence-corrected chi connectivity index (χ0v) is 8.89. The van der Waals surface area contributed by atoms with Crippen LogP contribution in [0.3, 0.4) is 0 Å². The highest BCUT2D eigenvalue weighted by atomic mass is 16.4. The monoisotopic (exact) mass is 187 g/mol. The van der Waals surface area contributed by atoms with Crippen LogP contribution in [0.2, 0.25) is 0 Å². The minimum Gasteiger partial charge on any atom is -0.481 e. The molecule has 1 unspecified atom stereocenters. The van der Waals surface area contributed by atoms with Crippen LogP contribution in [0.25, 0.3) is 0 Å². The molecule has 0 heterocycles. The Balaban J connectivity index is 4.06. The maximum absolute atomic E-state index is 10.6. The first-order valence-corrected chi connectivity index (χ1v) is 5.01. The minimum atomic E-state index is -0.723. The van der Waals surface area contributed by atoms with Crippen molar-refractivity contribution in [1.29, 1.82) is 0 Å². The summed E-state index contributed by atoms with van der Waals surface area (Å²) in [6.07, 6.45) is 3.18.